The number of esters is 1. The van der Waals surface area contributed by atoms with Gasteiger partial charge in [0.2, 0.25) is 0 Å². The maximum absolute atomic E-state index is 12.7. The minimum absolute atomic E-state index is 0.0325. The first-order valence-electron chi connectivity index (χ1n) is 6.93. The standard InChI is InChI=1S/C15H14F6O3/c1-2-24-13(23)5-3-4-12(22)9-6-10(14(16,17)18)8-11(7-9)15(19,20)21/h6-8H,2-5H2,1H3. The van der Waals surface area contributed by atoms with Crippen molar-refractivity contribution in [1.82, 2.24) is 0 Å². The first kappa shape index (κ1) is 20.0. The zero-order valence-corrected chi connectivity index (χ0v) is 12.6. The maximum Gasteiger partial charge on any atom is 0.416 e. The lowest BCUT2D eigenvalue weighted by Gasteiger charge is -2.13. The molecule has 0 saturated heterocycles. The lowest BCUT2D eigenvalue weighted by molar-refractivity contribution is -0.144. The van der Waals surface area contributed by atoms with Gasteiger partial charge in [-0.15, -0.1) is 0 Å². The molecule has 0 aromatic heterocycles. The quantitative estimate of drug-likeness (QED) is 0.424. The zero-order valence-electron chi connectivity index (χ0n) is 12.6. The van der Waals surface area contributed by atoms with Crippen LogP contribution in [-0.4, -0.2) is 18.4 Å². The van der Waals surface area contributed by atoms with E-state index < -0.39 is 40.8 Å². The SMILES string of the molecule is CCOC(=O)CCCC(=O)c1cc(C(F)(F)F)cc(C(F)(F)F)c1. The molecule has 0 spiro atoms. The van der Waals surface area contributed by atoms with Crippen LogP contribution in [0.4, 0.5) is 26.3 Å². The first-order chi connectivity index (χ1) is 10.9. The summed E-state index contributed by atoms with van der Waals surface area (Å²) in [6.45, 7) is 1.71. The van der Waals surface area contributed by atoms with Gasteiger partial charge in [0, 0.05) is 18.4 Å². The lowest BCUT2D eigenvalue weighted by atomic mass is 9.99. The van der Waals surface area contributed by atoms with E-state index in [1.165, 1.54) is 0 Å². The van der Waals surface area contributed by atoms with E-state index in [-0.39, 0.29) is 31.9 Å². The Morgan fingerprint density at radius 2 is 1.42 bits per heavy atom. The molecule has 9 heteroatoms. The third-order valence-electron chi connectivity index (χ3n) is 3.00. The highest BCUT2D eigenvalue weighted by Gasteiger charge is 2.37. The molecule has 24 heavy (non-hydrogen) atoms. The Labute approximate surface area is 133 Å². The molecule has 0 saturated carbocycles. The summed E-state index contributed by atoms with van der Waals surface area (Å²) in [7, 11) is 0. The molecule has 0 aliphatic carbocycles. The molecular formula is C15H14F6O3. The number of Topliss-reactive ketones (excluding diaryl/α,β-unsaturated/α-hetero) is 1. The van der Waals surface area contributed by atoms with Crippen molar-refractivity contribution < 1.29 is 40.7 Å². The minimum atomic E-state index is -5.01. The summed E-state index contributed by atoms with van der Waals surface area (Å²) in [5, 5.41) is 0. The van der Waals surface area contributed by atoms with Crippen LogP contribution in [0.2, 0.25) is 0 Å². The van der Waals surface area contributed by atoms with E-state index >= 15 is 0 Å². The van der Waals surface area contributed by atoms with Gasteiger partial charge >= 0.3 is 18.3 Å². The number of benzene rings is 1. The second kappa shape index (κ2) is 7.67. The van der Waals surface area contributed by atoms with E-state index in [0.717, 1.165) is 0 Å². The molecular weight excluding hydrogens is 342 g/mol. The van der Waals surface area contributed by atoms with Crippen molar-refractivity contribution in [2.24, 2.45) is 0 Å². The number of carbonyl (C=O) groups excluding carboxylic acids is 2. The fraction of sp³-hybridized carbons (Fsp3) is 0.467. The average molecular weight is 356 g/mol. The van der Waals surface area contributed by atoms with Crippen molar-refractivity contribution in [2.45, 2.75) is 38.5 Å². The van der Waals surface area contributed by atoms with Gasteiger partial charge in [-0.3, -0.25) is 9.59 Å². The van der Waals surface area contributed by atoms with Gasteiger partial charge in [-0.2, -0.15) is 26.3 Å². The average Bonchev–Trinajstić information content (AvgIpc) is 2.45. The summed E-state index contributed by atoms with van der Waals surface area (Å²) < 4.78 is 80.8. The Bertz CT molecular complexity index is 572. The highest BCUT2D eigenvalue weighted by Crippen LogP contribution is 2.36. The van der Waals surface area contributed by atoms with Gasteiger partial charge in [0.25, 0.3) is 0 Å². The molecule has 3 nitrogen and oxygen atoms in total. The summed E-state index contributed by atoms with van der Waals surface area (Å²) in [6, 6.07) is 0.708. The predicted octanol–water partition coefficient (Wildman–Crippen LogP) is 4.64. The molecule has 0 atom stereocenters. The van der Waals surface area contributed by atoms with E-state index in [0.29, 0.717) is 12.1 Å². The number of carbonyl (C=O) groups is 2. The topological polar surface area (TPSA) is 43.4 Å². The number of alkyl halides is 6. The Morgan fingerprint density at radius 1 is 0.917 bits per heavy atom. The van der Waals surface area contributed by atoms with Crippen LogP contribution in [-0.2, 0) is 21.9 Å². The minimum Gasteiger partial charge on any atom is -0.466 e. The Balaban J connectivity index is 2.97. The second-order valence-electron chi connectivity index (χ2n) is 4.88. The third-order valence-corrected chi connectivity index (χ3v) is 3.00. The number of hydrogen-bond acceptors (Lipinski definition) is 3. The van der Waals surface area contributed by atoms with Crippen LogP contribution in [0.3, 0.4) is 0 Å². The molecule has 0 bridgehead atoms. The van der Waals surface area contributed by atoms with Crippen LogP contribution in [0, 0.1) is 0 Å². The smallest absolute Gasteiger partial charge is 0.416 e. The van der Waals surface area contributed by atoms with Gasteiger partial charge in [0.05, 0.1) is 17.7 Å². The van der Waals surface area contributed by atoms with Gasteiger partial charge in [-0.25, -0.2) is 0 Å². The van der Waals surface area contributed by atoms with Gasteiger partial charge in [0.15, 0.2) is 5.78 Å². The van der Waals surface area contributed by atoms with Crippen molar-refractivity contribution in [1.29, 1.82) is 0 Å². The van der Waals surface area contributed by atoms with Gasteiger partial charge in [0.1, 0.15) is 0 Å². The van der Waals surface area contributed by atoms with Crippen LogP contribution >= 0.6 is 0 Å². The molecule has 0 amide bonds. The fourth-order valence-electron chi connectivity index (χ4n) is 1.89. The Kier molecular flexibility index (Phi) is 6.39. The molecule has 1 aromatic rings. The summed E-state index contributed by atoms with van der Waals surface area (Å²) in [6.07, 6.45) is -10.6. The molecule has 1 aromatic carbocycles. The van der Waals surface area contributed by atoms with Crippen LogP contribution in [0.1, 0.15) is 47.7 Å². The number of hydrogen-bond donors (Lipinski definition) is 0. The van der Waals surface area contributed by atoms with E-state index in [1.54, 1.807) is 6.92 Å². The van der Waals surface area contributed by atoms with Crippen molar-refractivity contribution in [3.8, 4) is 0 Å². The molecule has 0 fully saturated rings. The largest absolute Gasteiger partial charge is 0.466 e. The van der Waals surface area contributed by atoms with E-state index in [4.69, 9.17) is 0 Å². The zero-order chi connectivity index (χ0) is 18.5. The van der Waals surface area contributed by atoms with Crippen molar-refractivity contribution >= 4 is 11.8 Å². The molecule has 1 rings (SSSR count). The molecule has 134 valence electrons. The van der Waals surface area contributed by atoms with Crippen LogP contribution in [0.25, 0.3) is 0 Å². The fourth-order valence-corrected chi connectivity index (χ4v) is 1.89. The summed E-state index contributed by atoms with van der Waals surface area (Å²) in [5.74, 6) is -1.50. The molecule has 0 N–H and O–H groups in total. The molecule has 0 unspecified atom stereocenters. The predicted molar refractivity (Wildman–Crippen MR) is 71.3 cm³/mol. The number of rotatable bonds is 6. The first-order valence-corrected chi connectivity index (χ1v) is 6.93. The summed E-state index contributed by atoms with van der Waals surface area (Å²) in [4.78, 5) is 23.0. The number of ether oxygens (including phenoxy) is 1. The highest BCUT2D eigenvalue weighted by atomic mass is 19.4. The van der Waals surface area contributed by atoms with E-state index in [2.05, 4.69) is 4.74 Å². The van der Waals surface area contributed by atoms with Crippen LogP contribution in [0.15, 0.2) is 18.2 Å². The Morgan fingerprint density at radius 3 is 1.83 bits per heavy atom. The van der Waals surface area contributed by atoms with E-state index in [9.17, 15) is 35.9 Å². The van der Waals surface area contributed by atoms with Crippen molar-refractivity contribution in [2.75, 3.05) is 6.61 Å². The molecule has 0 radical (unpaired) electrons. The third kappa shape index (κ3) is 5.86. The van der Waals surface area contributed by atoms with Crippen LogP contribution in [0.5, 0.6) is 0 Å². The number of ketones is 1. The summed E-state index contributed by atoms with van der Waals surface area (Å²) >= 11 is 0. The van der Waals surface area contributed by atoms with Crippen LogP contribution < -0.4 is 0 Å². The van der Waals surface area contributed by atoms with Crippen molar-refractivity contribution in [3.05, 3.63) is 34.9 Å². The molecule has 0 aliphatic rings. The Hall–Kier alpha value is -2.06. The lowest BCUT2D eigenvalue weighted by Crippen LogP contribution is -2.13. The van der Waals surface area contributed by atoms with Crippen molar-refractivity contribution in [3.63, 3.8) is 0 Å². The summed E-state index contributed by atoms with van der Waals surface area (Å²) in [5.41, 5.74) is -3.79. The maximum atomic E-state index is 12.7. The molecule has 0 heterocycles. The highest BCUT2D eigenvalue weighted by molar-refractivity contribution is 5.96. The molecule has 0 aliphatic heterocycles. The monoisotopic (exact) mass is 356 g/mol. The normalized spacial score (nSPS) is 12.1. The second-order valence-corrected chi connectivity index (χ2v) is 4.88. The van der Waals surface area contributed by atoms with Gasteiger partial charge in [-0.1, -0.05) is 0 Å². The number of halogens is 6. The van der Waals surface area contributed by atoms with Gasteiger partial charge in [-0.05, 0) is 31.5 Å². The van der Waals surface area contributed by atoms with E-state index in [1.807, 2.05) is 0 Å². The van der Waals surface area contributed by atoms with Gasteiger partial charge < -0.3 is 4.74 Å².